The van der Waals surface area contributed by atoms with E-state index in [0.717, 1.165) is 53.3 Å². The Morgan fingerprint density at radius 2 is 1.36 bits per heavy atom. The Morgan fingerprint density at radius 1 is 0.643 bits per heavy atom. The molecule has 3 fully saturated rings. The normalized spacial score (nSPS) is 45.3. The molecule has 0 N–H and O–H groups in total. The van der Waals surface area contributed by atoms with Crippen molar-refractivity contribution in [2.75, 3.05) is 0 Å². The summed E-state index contributed by atoms with van der Waals surface area (Å²) in [6.07, 6.45) is 16.7. The fourth-order valence-corrected chi connectivity index (χ4v) is 8.05. The van der Waals surface area contributed by atoms with Gasteiger partial charge in [0.1, 0.15) is 0 Å². The van der Waals surface area contributed by atoms with Gasteiger partial charge in [0.05, 0.1) is 0 Å². The Bertz CT molecular complexity index is 471. The van der Waals surface area contributed by atoms with E-state index in [4.69, 9.17) is 0 Å². The van der Waals surface area contributed by atoms with Crippen LogP contribution in [-0.4, -0.2) is 0 Å². The molecule has 0 heterocycles. The first-order valence-corrected chi connectivity index (χ1v) is 13.2. The van der Waals surface area contributed by atoms with Crippen molar-refractivity contribution in [3.63, 3.8) is 0 Å². The molecular weight excluding hydrogens is 336 g/mol. The van der Waals surface area contributed by atoms with E-state index in [2.05, 4.69) is 48.5 Å². The van der Waals surface area contributed by atoms with Crippen molar-refractivity contribution >= 4 is 0 Å². The average molecular weight is 389 g/mol. The summed E-state index contributed by atoms with van der Waals surface area (Å²) in [7, 11) is 0. The van der Waals surface area contributed by atoms with Crippen LogP contribution < -0.4 is 0 Å². The van der Waals surface area contributed by atoms with Gasteiger partial charge < -0.3 is 0 Å². The Labute approximate surface area is 178 Å². The van der Waals surface area contributed by atoms with Crippen molar-refractivity contribution < 1.29 is 0 Å². The van der Waals surface area contributed by atoms with Gasteiger partial charge in [0.15, 0.2) is 0 Å². The molecule has 0 nitrogen and oxygen atoms in total. The van der Waals surface area contributed by atoms with Gasteiger partial charge in [-0.15, -0.1) is 0 Å². The summed E-state index contributed by atoms with van der Waals surface area (Å²) in [5, 5.41) is 0. The lowest BCUT2D eigenvalue weighted by atomic mass is 9.59. The van der Waals surface area contributed by atoms with Crippen LogP contribution in [0.25, 0.3) is 0 Å². The van der Waals surface area contributed by atoms with E-state index in [9.17, 15) is 0 Å². The Morgan fingerprint density at radius 3 is 1.96 bits per heavy atom. The average Bonchev–Trinajstić information content (AvgIpc) is 2.93. The maximum Gasteiger partial charge on any atom is -0.0334 e. The molecule has 0 bridgehead atoms. The molecule has 164 valence electrons. The predicted octanol–water partition coefficient (Wildman–Crippen LogP) is 8.99. The van der Waals surface area contributed by atoms with Crippen LogP contribution in [0.1, 0.15) is 119 Å². The molecule has 0 heteroatoms. The van der Waals surface area contributed by atoms with Crippen LogP contribution in [0, 0.1) is 58.7 Å². The summed E-state index contributed by atoms with van der Waals surface area (Å²) < 4.78 is 0. The molecule has 0 amide bonds. The first-order valence-electron chi connectivity index (χ1n) is 13.2. The van der Waals surface area contributed by atoms with Crippen LogP contribution in [0.15, 0.2) is 0 Å². The monoisotopic (exact) mass is 388 g/mol. The quantitative estimate of drug-likeness (QED) is 0.440. The zero-order valence-electron chi connectivity index (χ0n) is 20.5. The van der Waals surface area contributed by atoms with Crippen molar-refractivity contribution in [1.29, 1.82) is 0 Å². The zero-order chi connectivity index (χ0) is 20.5. The van der Waals surface area contributed by atoms with Crippen LogP contribution in [0.2, 0.25) is 0 Å². The second-order valence-electron chi connectivity index (χ2n) is 13.0. The van der Waals surface area contributed by atoms with Crippen LogP contribution in [-0.2, 0) is 0 Å². The van der Waals surface area contributed by atoms with Crippen LogP contribution in [0.3, 0.4) is 0 Å². The minimum absolute atomic E-state index is 0.494. The van der Waals surface area contributed by atoms with Crippen LogP contribution in [0.5, 0.6) is 0 Å². The van der Waals surface area contributed by atoms with Gasteiger partial charge in [-0.25, -0.2) is 0 Å². The SMILES string of the molecule is CC[C@H]1C[C@@H](C[C@H]2C[C@@H](C)C[C@H]2C)CC[C@H]1C[C@H]1CC[C@@H](C)C[C@H]1C(C)(C)C. The predicted molar refractivity (Wildman–Crippen MR) is 124 cm³/mol. The van der Waals surface area contributed by atoms with Gasteiger partial charge in [-0.3, -0.25) is 0 Å². The highest BCUT2D eigenvalue weighted by Gasteiger charge is 2.40. The van der Waals surface area contributed by atoms with Gasteiger partial charge in [-0.05, 0) is 110 Å². The minimum atomic E-state index is 0.494. The number of hydrogen-bond acceptors (Lipinski definition) is 0. The summed E-state index contributed by atoms with van der Waals surface area (Å²) >= 11 is 0. The van der Waals surface area contributed by atoms with Crippen LogP contribution in [0.4, 0.5) is 0 Å². The number of rotatable bonds is 5. The summed E-state index contributed by atoms with van der Waals surface area (Å²) in [6, 6.07) is 0. The number of hydrogen-bond donors (Lipinski definition) is 0. The first-order chi connectivity index (χ1) is 13.2. The van der Waals surface area contributed by atoms with Crippen molar-refractivity contribution in [3.05, 3.63) is 0 Å². The summed E-state index contributed by atoms with van der Waals surface area (Å²) in [5.74, 6) is 9.02. The summed E-state index contributed by atoms with van der Waals surface area (Å²) in [6.45, 7) is 17.6. The van der Waals surface area contributed by atoms with E-state index < -0.39 is 0 Å². The molecule has 0 spiro atoms. The van der Waals surface area contributed by atoms with Gasteiger partial charge in [-0.2, -0.15) is 0 Å². The van der Waals surface area contributed by atoms with Gasteiger partial charge in [0, 0.05) is 0 Å². The van der Waals surface area contributed by atoms with Gasteiger partial charge in [-0.1, -0.05) is 67.7 Å². The molecule has 0 aromatic heterocycles. The van der Waals surface area contributed by atoms with E-state index in [1.165, 1.54) is 38.5 Å². The second-order valence-corrected chi connectivity index (χ2v) is 13.0. The zero-order valence-corrected chi connectivity index (χ0v) is 20.5. The Kier molecular flexibility index (Phi) is 7.64. The minimum Gasteiger partial charge on any atom is -0.0651 e. The topological polar surface area (TPSA) is 0 Å². The van der Waals surface area contributed by atoms with E-state index >= 15 is 0 Å². The molecule has 0 unspecified atom stereocenters. The van der Waals surface area contributed by atoms with E-state index in [1.54, 1.807) is 32.1 Å². The first kappa shape index (κ1) is 22.7. The van der Waals surface area contributed by atoms with Crippen molar-refractivity contribution in [1.82, 2.24) is 0 Å². The van der Waals surface area contributed by atoms with E-state index in [1.807, 2.05) is 0 Å². The molecule has 0 saturated heterocycles. The molecule has 9 atom stereocenters. The molecule has 28 heavy (non-hydrogen) atoms. The molecule has 3 saturated carbocycles. The molecule has 3 rings (SSSR count). The Hall–Kier alpha value is 0. The Balaban J connectivity index is 1.56. The molecule has 0 aromatic rings. The third kappa shape index (κ3) is 5.57. The third-order valence-electron chi connectivity index (χ3n) is 9.67. The van der Waals surface area contributed by atoms with E-state index in [0.29, 0.717) is 5.41 Å². The van der Waals surface area contributed by atoms with Crippen molar-refractivity contribution in [2.24, 2.45) is 58.7 Å². The maximum atomic E-state index is 2.54. The fourth-order valence-electron chi connectivity index (χ4n) is 8.05. The maximum absolute atomic E-state index is 2.54. The van der Waals surface area contributed by atoms with E-state index in [-0.39, 0.29) is 0 Å². The lowest BCUT2D eigenvalue weighted by Crippen LogP contribution is -2.36. The molecule has 0 aliphatic heterocycles. The highest BCUT2D eigenvalue weighted by atomic mass is 14.5. The fraction of sp³-hybridized carbons (Fsp3) is 1.00. The highest BCUT2D eigenvalue weighted by Crippen LogP contribution is 2.50. The molecule has 0 radical (unpaired) electrons. The lowest BCUT2D eigenvalue weighted by Gasteiger charge is -2.46. The largest absolute Gasteiger partial charge is 0.0651 e. The summed E-state index contributed by atoms with van der Waals surface area (Å²) in [5.41, 5.74) is 0.494. The molecule has 0 aromatic carbocycles. The third-order valence-corrected chi connectivity index (χ3v) is 9.67. The van der Waals surface area contributed by atoms with Crippen molar-refractivity contribution in [3.8, 4) is 0 Å². The van der Waals surface area contributed by atoms with Gasteiger partial charge in [0.25, 0.3) is 0 Å². The van der Waals surface area contributed by atoms with Crippen LogP contribution >= 0.6 is 0 Å². The molecule has 3 aliphatic rings. The highest BCUT2D eigenvalue weighted by molar-refractivity contribution is 4.90. The smallest absolute Gasteiger partial charge is 0.0334 e. The standard InChI is InChI=1S/C28H52/c1-8-23-16-22(17-26-14-20(3)13-21(26)4)10-12-24(23)18-25-11-9-19(2)15-27(25)28(5,6)7/h19-27H,8-18H2,1-7H3/t19-,20+,21-,22+,23+,24+,25-,26-,27-/m1/s1. The molecule has 3 aliphatic carbocycles. The second kappa shape index (κ2) is 9.43. The molecular formula is C28H52. The lowest BCUT2D eigenvalue weighted by molar-refractivity contribution is 0.0420. The van der Waals surface area contributed by atoms with Crippen molar-refractivity contribution in [2.45, 2.75) is 119 Å². The van der Waals surface area contributed by atoms with Gasteiger partial charge >= 0.3 is 0 Å². The van der Waals surface area contributed by atoms with Gasteiger partial charge in [0.2, 0.25) is 0 Å². The summed E-state index contributed by atoms with van der Waals surface area (Å²) in [4.78, 5) is 0.